The smallest absolute Gasteiger partial charge is 0.408 e. The van der Waals surface area contributed by atoms with E-state index in [0.29, 0.717) is 12.8 Å². The summed E-state index contributed by atoms with van der Waals surface area (Å²) in [6, 6.07) is 8.62. The molecule has 0 spiro atoms. The van der Waals surface area contributed by atoms with Gasteiger partial charge in [0.25, 0.3) is 0 Å². The fourth-order valence-corrected chi connectivity index (χ4v) is 1.96. The molecule has 7 nitrogen and oxygen atoms in total. The first-order chi connectivity index (χ1) is 11.2. The van der Waals surface area contributed by atoms with Crippen molar-refractivity contribution in [2.45, 2.75) is 45.3 Å². The Hall–Kier alpha value is -2.57. The van der Waals surface area contributed by atoms with Gasteiger partial charge in [0.2, 0.25) is 5.91 Å². The van der Waals surface area contributed by atoms with Crippen LogP contribution >= 0.6 is 0 Å². The van der Waals surface area contributed by atoms with Crippen molar-refractivity contribution in [3.05, 3.63) is 35.9 Å². The Bertz CT molecular complexity index is 566. The lowest BCUT2D eigenvalue weighted by molar-refractivity contribution is -0.138. The van der Waals surface area contributed by atoms with Crippen molar-refractivity contribution >= 4 is 18.0 Å². The van der Waals surface area contributed by atoms with E-state index in [9.17, 15) is 14.4 Å². The molecular weight excluding hydrogens is 312 g/mol. The summed E-state index contributed by atoms with van der Waals surface area (Å²) in [5.74, 6) is -1.71. The third-order valence-corrected chi connectivity index (χ3v) is 2.99. The second-order valence-electron chi connectivity index (χ2n) is 6.33. The molecule has 132 valence electrons. The highest BCUT2D eigenvalue weighted by atomic mass is 16.6. The van der Waals surface area contributed by atoms with Crippen LogP contribution in [0.5, 0.6) is 0 Å². The summed E-state index contributed by atoms with van der Waals surface area (Å²) in [5, 5.41) is 13.4. The zero-order valence-corrected chi connectivity index (χ0v) is 14.2. The van der Waals surface area contributed by atoms with Gasteiger partial charge in [-0.05, 0) is 39.2 Å². The first-order valence-electron chi connectivity index (χ1n) is 7.70. The van der Waals surface area contributed by atoms with E-state index in [2.05, 4.69) is 10.6 Å². The van der Waals surface area contributed by atoms with Crippen molar-refractivity contribution < 1.29 is 24.2 Å². The Morgan fingerprint density at radius 1 is 1.17 bits per heavy atom. The minimum absolute atomic E-state index is 0.328. The minimum atomic E-state index is -1.15. The second-order valence-corrected chi connectivity index (χ2v) is 6.33. The molecule has 0 saturated carbocycles. The maximum absolute atomic E-state index is 12.1. The van der Waals surface area contributed by atoms with Crippen molar-refractivity contribution in [1.29, 1.82) is 0 Å². The number of carboxylic acids is 1. The van der Waals surface area contributed by atoms with E-state index < -0.39 is 36.2 Å². The van der Waals surface area contributed by atoms with E-state index in [1.54, 1.807) is 20.8 Å². The quantitative estimate of drug-likeness (QED) is 0.703. The van der Waals surface area contributed by atoms with Crippen molar-refractivity contribution in [1.82, 2.24) is 10.6 Å². The van der Waals surface area contributed by atoms with Crippen LogP contribution in [0.4, 0.5) is 4.79 Å². The van der Waals surface area contributed by atoms with Crippen molar-refractivity contribution in [2.75, 3.05) is 6.54 Å². The average Bonchev–Trinajstić information content (AvgIpc) is 2.48. The third kappa shape index (κ3) is 8.17. The summed E-state index contributed by atoms with van der Waals surface area (Å²) in [6.45, 7) is 4.65. The molecular formula is C17H24N2O5. The summed E-state index contributed by atoms with van der Waals surface area (Å²) >= 11 is 0. The summed E-state index contributed by atoms with van der Waals surface area (Å²) < 4.78 is 5.15. The fraction of sp³-hybridized carbons (Fsp3) is 0.471. The molecule has 1 atom stereocenters. The van der Waals surface area contributed by atoms with Crippen molar-refractivity contribution in [3.8, 4) is 0 Å². The maximum Gasteiger partial charge on any atom is 0.408 e. The predicted molar refractivity (Wildman–Crippen MR) is 88.6 cm³/mol. The molecule has 0 saturated heterocycles. The van der Waals surface area contributed by atoms with Crippen LogP contribution < -0.4 is 10.6 Å². The van der Waals surface area contributed by atoms with Gasteiger partial charge >= 0.3 is 12.1 Å². The highest BCUT2D eigenvalue weighted by Crippen LogP contribution is 2.09. The number of benzene rings is 1. The molecule has 0 radical (unpaired) electrons. The number of carbonyl (C=O) groups is 3. The van der Waals surface area contributed by atoms with Gasteiger partial charge in [-0.1, -0.05) is 30.3 Å². The molecule has 24 heavy (non-hydrogen) atoms. The lowest BCUT2D eigenvalue weighted by Crippen LogP contribution is -2.49. The molecule has 0 aromatic heterocycles. The molecule has 0 heterocycles. The van der Waals surface area contributed by atoms with Crippen LogP contribution in [-0.2, 0) is 20.7 Å². The van der Waals surface area contributed by atoms with Crippen LogP contribution in [0.25, 0.3) is 0 Å². The standard InChI is InChI=1S/C17H24N2O5/c1-17(2,3)24-16(23)19-13(15(22)18-11-14(20)21)10-9-12-7-5-4-6-8-12/h4-8,13H,9-11H2,1-3H3,(H,18,22)(H,19,23)(H,20,21)/t13-/m0/s1. The highest BCUT2D eigenvalue weighted by Gasteiger charge is 2.24. The summed E-state index contributed by atoms with van der Waals surface area (Å²) in [6.07, 6.45) is 0.169. The largest absolute Gasteiger partial charge is 0.480 e. The molecule has 0 aliphatic carbocycles. The second kappa shape index (κ2) is 8.90. The monoisotopic (exact) mass is 336 g/mol. The minimum Gasteiger partial charge on any atom is -0.480 e. The van der Waals surface area contributed by atoms with Crippen LogP contribution in [0, 0.1) is 0 Å². The Balaban J connectivity index is 2.69. The summed E-state index contributed by atoms with van der Waals surface area (Å²) in [7, 11) is 0. The first-order valence-corrected chi connectivity index (χ1v) is 7.70. The number of hydrogen-bond donors (Lipinski definition) is 3. The lowest BCUT2D eigenvalue weighted by atomic mass is 10.0. The topological polar surface area (TPSA) is 105 Å². The molecule has 0 fully saturated rings. The van der Waals surface area contributed by atoms with Gasteiger partial charge in [-0.2, -0.15) is 0 Å². The summed E-state index contributed by atoms with van der Waals surface area (Å²) in [5.41, 5.74) is 0.325. The molecule has 2 amide bonds. The molecule has 0 aliphatic rings. The van der Waals surface area contributed by atoms with Gasteiger partial charge in [0.1, 0.15) is 18.2 Å². The number of hydrogen-bond acceptors (Lipinski definition) is 4. The predicted octanol–water partition coefficient (Wildman–Crippen LogP) is 1.71. The van der Waals surface area contributed by atoms with Crippen LogP contribution in [0.15, 0.2) is 30.3 Å². The van der Waals surface area contributed by atoms with E-state index in [1.807, 2.05) is 30.3 Å². The van der Waals surface area contributed by atoms with Gasteiger partial charge in [-0.3, -0.25) is 9.59 Å². The highest BCUT2D eigenvalue weighted by molar-refractivity contribution is 5.88. The molecule has 0 bridgehead atoms. The number of amides is 2. The fourth-order valence-electron chi connectivity index (χ4n) is 1.96. The number of nitrogens with one attached hydrogen (secondary N) is 2. The van der Waals surface area contributed by atoms with Gasteiger partial charge < -0.3 is 20.5 Å². The molecule has 1 rings (SSSR count). The van der Waals surface area contributed by atoms with E-state index in [-0.39, 0.29) is 0 Å². The van der Waals surface area contributed by atoms with E-state index in [1.165, 1.54) is 0 Å². The zero-order chi connectivity index (χ0) is 18.2. The van der Waals surface area contributed by atoms with Crippen molar-refractivity contribution in [2.24, 2.45) is 0 Å². The number of alkyl carbamates (subject to hydrolysis) is 1. The Morgan fingerprint density at radius 3 is 2.33 bits per heavy atom. The van der Waals surface area contributed by atoms with Crippen LogP contribution in [0.1, 0.15) is 32.8 Å². The van der Waals surface area contributed by atoms with Gasteiger partial charge in [-0.15, -0.1) is 0 Å². The molecule has 3 N–H and O–H groups in total. The lowest BCUT2D eigenvalue weighted by Gasteiger charge is -2.23. The Labute approximate surface area is 141 Å². The molecule has 0 aliphatic heterocycles. The van der Waals surface area contributed by atoms with Crippen LogP contribution in [-0.4, -0.2) is 41.3 Å². The summed E-state index contributed by atoms with van der Waals surface area (Å²) in [4.78, 5) is 34.6. The van der Waals surface area contributed by atoms with Crippen molar-refractivity contribution in [3.63, 3.8) is 0 Å². The number of aryl methyl sites for hydroxylation is 1. The normalized spacial score (nSPS) is 12.1. The van der Waals surface area contributed by atoms with E-state index in [0.717, 1.165) is 5.56 Å². The molecule has 1 aromatic carbocycles. The van der Waals surface area contributed by atoms with E-state index in [4.69, 9.17) is 9.84 Å². The first kappa shape index (κ1) is 19.5. The van der Waals surface area contributed by atoms with Gasteiger partial charge in [0.15, 0.2) is 0 Å². The average molecular weight is 336 g/mol. The van der Waals surface area contributed by atoms with Crippen LogP contribution in [0.2, 0.25) is 0 Å². The van der Waals surface area contributed by atoms with Crippen LogP contribution in [0.3, 0.4) is 0 Å². The number of carboxylic acid groups (broad SMARTS) is 1. The van der Waals surface area contributed by atoms with E-state index >= 15 is 0 Å². The van der Waals surface area contributed by atoms with Gasteiger partial charge in [-0.25, -0.2) is 4.79 Å². The number of carbonyl (C=O) groups excluding carboxylic acids is 2. The number of aliphatic carboxylic acids is 1. The molecule has 7 heteroatoms. The Kier molecular flexibility index (Phi) is 7.23. The number of ether oxygens (including phenoxy) is 1. The SMILES string of the molecule is CC(C)(C)OC(=O)N[C@@H](CCc1ccccc1)C(=O)NCC(=O)O. The van der Waals surface area contributed by atoms with Gasteiger partial charge in [0.05, 0.1) is 0 Å². The Morgan fingerprint density at radius 2 is 1.79 bits per heavy atom. The number of rotatable bonds is 7. The molecule has 0 unspecified atom stereocenters. The maximum atomic E-state index is 12.1. The zero-order valence-electron chi connectivity index (χ0n) is 14.2. The third-order valence-electron chi connectivity index (χ3n) is 2.99. The molecule has 1 aromatic rings. The van der Waals surface area contributed by atoms with Gasteiger partial charge in [0, 0.05) is 0 Å².